The molecule has 1 fully saturated rings. The van der Waals surface area contributed by atoms with Crippen molar-refractivity contribution >= 4 is 11.6 Å². The summed E-state index contributed by atoms with van der Waals surface area (Å²) >= 11 is 6.14. The smallest absolute Gasteiger partial charge is 0.165 e. The fraction of sp³-hybridized carbons (Fsp3) is 0.600. The van der Waals surface area contributed by atoms with E-state index in [2.05, 4.69) is 6.92 Å². The van der Waals surface area contributed by atoms with Crippen LogP contribution < -0.4 is 15.2 Å². The Bertz CT molecular complexity index is 447. The van der Waals surface area contributed by atoms with Gasteiger partial charge in [-0.1, -0.05) is 18.5 Å². The van der Waals surface area contributed by atoms with Gasteiger partial charge in [-0.3, -0.25) is 0 Å². The molecular formula is C15H22ClNO3. The summed E-state index contributed by atoms with van der Waals surface area (Å²) in [6, 6.07) is 3.76. The second-order valence-corrected chi connectivity index (χ2v) is 5.51. The zero-order valence-corrected chi connectivity index (χ0v) is 12.8. The number of ether oxygens (including phenoxy) is 3. The first kappa shape index (κ1) is 15.4. The number of hydrogen-bond donors (Lipinski definition) is 1. The van der Waals surface area contributed by atoms with Crippen LogP contribution in [0.3, 0.4) is 0 Å². The molecule has 1 aromatic rings. The molecule has 0 aliphatic carbocycles. The first-order valence-electron chi connectivity index (χ1n) is 7.00. The number of rotatable bonds is 6. The lowest BCUT2D eigenvalue weighted by Gasteiger charge is -2.20. The molecule has 1 aromatic carbocycles. The number of benzene rings is 1. The monoisotopic (exact) mass is 299 g/mol. The van der Waals surface area contributed by atoms with Crippen LogP contribution in [0.2, 0.25) is 5.02 Å². The van der Waals surface area contributed by atoms with E-state index in [0.29, 0.717) is 17.4 Å². The van der Waals surface area contributed by atoms with Gasteiger partial charge in [-0.2, -0.15) is 0 Å². The molecule has 2 rings (SSSR count). The Hall–Kier alpha value is -0.970. The maximum Gasteiger partial charge on any atom is 0.165 e. The molecule has 2 unspecified atom stereocenters. The summed E-state index contributed by atoms with van der Waals surface area (Å²) in [5.74, 6) is 1.40. The van der Waals surface area contributed by atoms with E-state index in [1.54, 1.807) is 13.2 Å². The Kier molecular flexibility index (Phi) is 5.52. The predicted octanol–water partition coefficient (Wildman–Crippen LogP) is 2.80. The van der Waals surface area contributed by atoms with Crippen LogP contribution in [0.5, 0.6) is 11.5 Å². The molecule has 1 heterocycles. The molecule has 1 saturated heterocycles. The Morgan fingerprint density at radius 3 is 2.90 bits per heavy atom. The van der Waals surface area contributed by atoms with Crippen LogP contribution in [-0.2, 0) is 11.2 Å². The maximum atomic E-state index is 6.14. The van der Waals surface area contributed by atoms with Crippen molar-refractivity contribution in [2.45, 2.75) is 38.3 Å². The van der Waals surface area contributed by atoms with E-state index >= 15 is 0 Å². The molecular weight excluding hydrogens is 278 g/mol. The van der Waals surface area contributed by atoms with Crippen molar-refractivity contribution in [1.82, 2.24) is 0 Å². The molecule has 4 nitrogen and oxygen atoms in total. The number of nitrogens with two attached hydrogens (primary N) is 1. The van der Waals surface area contributed by atoms with Crippen molar-refractivity contribution in [3.63, 3.8) is 0 Å². The van der Waals surface area contributed by atoms with Gasteiger partial charge in [-0.15, -0.1) is 0 Å². The predicted molar refractivity (Wildman–Crippen MR) is 79.8 cm³/mol. The number of halogens is 1. The Balaban J connectivity index is 2.28. The summed E-state index contributed by atoms with van der Waals surface area (Å²) in [6.07, 6.45) is 2.59. The standard InChI is InChI=1S/C15H22ClNO3/c1-3-12(17)7-10-6-11(16)8-14(18-2)15(10)20-13-4-5-19-9-13/h6,8,12-13H,3-5,7,9,17H2,1-2H3. The van der Waals surface area contributed by atoms with Crippen LogP contribution in [0.15, 0.2) is 12.1 Å². The second kappa shape index (κ2) is 7.16. The van der Waals surface area contributed by atoms with Gasteiger partial charge in [0.2, 0.25) is 0 Å². The fourth-order valence-corrected chi connectivity index (χ4v) is 2.49. The lowest BCUT2D eigenvalue weighted by Crippen LogP contribution is -2.23. The van der Waals surface area contributed by atoms with Crippen LogP contribution in [0.25, 0.3) is 0 Å². The molecule has 0 radical (unpaired) electrons. The number of methoxy groups -OCH3 is 1. The maximum absolute atomic E-state index is 6.14. The van der Waals surface area contributed by atoms with Crippen molar-refractivity contribution < 1.29 is 14.2 Å². The largest absolute Gasteiger partial charge is 0.493 e. The van der Waals surface area contributed by atoms with E-state index in [9.17, 15) is 0 Å². The Labute approximate surface area is 125 Å². The van der Waals surface area contributed by atoms with E-state index in [1.165, 1.54) is 0 Å². The summed E-state index contributed by atoms with van der Waals surface area (Å²) in [7, 11) is 1.62. The summed E-state index contributed by atoms with van der Waals surface area (Å²) < 4.78 is 16.8. The molecule has 1 aliphatic rings. The van der Waals surface area contributed by atoms with Gasteiger partial charge in [0.1, 0.15) is 6.10 Å². The van der Waals surface area contributed by atoms with Crippen LogP contribution in [0.1, 0.15) is 25.3 Å². The SMILES string of the molecule is CCC(N)Cc1cc(Cl)cc(OC)c1OC1CCOC1. The van der Waals surface area contributed by atoms with Gasteiger partial charge in [0.15, 0.2) is 11.5 Å². The van der Waals surface area contributed by atoms with Crippen molar-refractivity contribution in [3.8, 4) is 11.5 Å². The van der Waals surface area contributed by atoms with Gasteiger partial charge in [-0.25, -0.2) is 0 Å². The van der Waals surface area contributed by atoms with E-state index in [-0.39, 0.29) is 12.1 Å². The first-order chi connectivity index (χ1) is 9.63. The van der Waals surface area contributed by atoms with E-state index < -0.39 is 0 Å². The highest BCUT2D eigenvalue weighted by Crippen LogP contribution is 2.37. The third kappa shape index (κ3) is 3.78. The van der Waals surface area contributed by atoms with Crippen LogP contribution in [0.4, 0.5) is 0 Å². The van der Waals surface area contributed by atoms with Crippen LogP contribution in [-0.4, -0.2) is 32.5 Å². The number of hydrogen-bond acceptors (Lipinski definition) is 4. The molecule has 0 aromatic heterocycles. The minimum atomic E-state index is 0.0710. The van der Waals surface area contributed by atoms with Gasteiger partial charge >= 0.3 is 0 Å². The molecule has 2 N–H and O–H groups in total. The summed E-state index contributed by atoms with van der Waals surface area (Å²) in [6.45, 7) is 3.42. The quantitative estimate of drug-likeness (QED) is 0.877. The van der Waals surface area contributed by atoms with E-state index in [4.69, 9.17) is 31.5 Å². The van der Waals surface area contributed by atoms with Crippen molar-refractivity contribution in [1.29, 1.82) is 0 Å². The normalized spacial score (nSPS) is 19.9. The average Bonchev–Trinajstić information content (AvgIpc) is 2.94. The second-order valence-electron chi connectivity index (χ2n) is 5.07. The fourth-order valence-electron chi connectivity index (χ4n) is 2.26. The summed E-state index contributed by atoms with van der Waals surface area (Å²) in [5, 5.41) is 0.634. The third-order valence-electron chi connectivity index (χ3n) is 3.50. The molecule has 0 spiro atoms. The molecule has 1 aliphatic heterocycles. The highest BCUT2D eigenvalue weighted by atomic mass is 35.5. The van der Waals surface area contributed by atoms with Gasteiger partial charge in [0, 0.05) is 29.1 Å². The lowest BCUT2D eigenvalue weighted by molar-refractivity contribution is 0.138. The van der Waals surface area contributed by atoms with Crippen molar-refractivity contribution in [3.05, 3.63) is 22.7 Å². The first-order valence-corrected chi connectivity index (χ1v) is 7.38. The minimum Gasteiger partial charge on any atom is -0.493 e. The van der Waals surface area contributed by atoms with Gasteiger partial charge < -0.3 is 19.9 Å². The zero-order valence-electron chi connectivity index (χ0n) is 12.0. The van der Waals surface area contributed by atoms with Gasteiger partial charge in [0.25, 0.3) is 0 Å². The van der Waals surface area contributed by atoms with E-state index in [0.717, 1.165) is 37.2 Å². The molecule has 0 amide bonds. The van der Waals surface area contributed by atoms with E-state index in [1.807, 2.05) is 6.07 Å². The minimum absolute atomic E-state index is 0.0710. The van der Waals surface area contributed by atoms with Gasteiger partial charge in [0.05, 0.1) is 20.3 Å². The molecule has 0 bridgehead atoms. The van der Waals surface area contributed by atoms with Crippen LogP contribution in [0, 0.1) is 0 Å². The third-order valence-corrected chi connectivity index (χ3v) is 3.71. The average molecular weight is 300 g/mol. The lowest BCUT2D eigenvalue weighted by atomic mass is 10.0. The highest BCUT2D eigenvalue weighted by molar-refractivity contribution is 6.30. The topological polar surface area (TPSA) is 53.7 Å². The van der Waals surface area contributed by atoms with Gasteiger partial charge in [-0.05, 0) is 18.9 Å². The zero-order chi connectivity index (χ0) is 14.5. The molecule has 5 heteroatoms. The summed E-state index contributed by atoms with van der Waals surface area (Å²) in [4.78, 5) is 0. The molecule has 0 saturated carbocycles. The van der Waals surface area contributed by atoms with Crippen molar-refractivity contribution in [2.75, 3.05) is 20.3 Å². The molecule has 20 heavy (non-hydrogen) atoms. The molecule has 112 valence electrons. The molecule has 2 atom stereocenters. The Morgan fingerprint density at radius 2 is 2.30 bits per heavy atom. The van der Waals surface area contributed by atoms with Crippen LogP contribution >= 0.6 is 11.6 Å². The van der Waals surface area contributed by atoms with Crippen molar-refractivity contribution in [2.24, 2.45) is 5.73 Å². The summed E-state index contributed by atoms with van der Waals surface area (Å²) in [5.41, 5.74) is 7.06. The Morgan fingerprint density at radius 1 is 1.50 bits per heavy atom. The highest BCUT2D eigenvalue weighted by Gasteiger charge is 2.22.